The van der Waals surface area contributed by atoms with E-state index in [-0.39, 0.29) is 46.8 Å². The van der Waals surface area contributed by atoms with E-state index in [2.05, 4.69) is 66.8 Å². The molecule has 1 N–H and O–H groups in total. The maximum absolute atomic E-state index is 11.9. The molecule has 0 aromatic rings. The van der Waals surface area contributed by atoms with Gasteiger partial charge in [0.25, 0.3) is 0 Å². The molecule has 0 spiro atoms. The summed E-state index contributed by atoms with van der Waals surface area (Å²) in [5.41, 5.74) is 0. The van der Waals surface area contributed by atoms with Crippen molar-refractivity contribution in [2.24, 2.45) is 0 Å². The number of aliphatic hydroxyl groups excluding tert-OH is 1. The van der Waals surface area contributed by atoms with Crippen LogP contribution in [0.15, 0.2) is 24.3 Å². The van der Waals surface area contributed by atoms with Crippen LogP contribution in [0.2, 0.25) is 18.1 Å². The quantitative estimate of drug-likeness (QED) is 0.117. The molecule has 36 heavy (non-hydrogen) atoms. The largest absolute Gasteiger partial charge is 0 e. The molecule has 0 aromatic carbocycles. The molecular weight excluding hydrogens is 524 g/mol. The van der Waals surface area contributed by atoms with Gasteiger partial charge in [0.15, 0.2) is 14.6 Å². The molecule has 206 valence electrons. The minimum absolute atomic E-state index is 0. The minimum atomic E-state index is -1.69. The Hall–Kier alpha value is -1.05. The molecule has 8 nitrogen and oxygen atoms in total. The maximum Gasteiger partial charge on any atom is 0 e. The summed E-state index contributed by atoms with van der Waals surface area (Å²) in [5.74, 6) is -0.0475. The van der Waals surface area contributed by atoms with Gasteiger partial charge in [0.05, 0.1) is 25.7 Å². The van der Waals surface area contributed by atoms with Crippen LogP contribution in [-0.4, -0.2) is 50.9 Å². The van der Waals surface area contributed by atoms with Crippen molar-refractivity contribution in [3.63, 3.8) is 0 Å². The van der Waals surface area contributed by atoms with Crippen molar-refractivity contribution < 1.29 is 54.8 Å². The number of unbranched alkanes of at least 4 members (excludes halogenated alkanes) is 1. The third-order valence-corrected chi connectivity index (χ3v) is 10.2. The molecule has 1 aliphatic heterocycles. The third-order valence-electron chi connectivity index (χ3n) is 5.59. The molecule has 1 fully saturated rings. The van der Waals surface area contributed by atoms with Crippen molar-refractivity contribution >= 4 is 14.1 Å². The van der Waals surface area contributed by atoms with Crippen molar-refractivity contribution in [1.29, 1.82) is 0 Å². The molecule has 2 atom stereocenters. The van der Waals surface area contributed by atoms with E-state index in [0.717, 1.165) is 25.7 Å². The van der Waals surface area contributed by atoms with Crippen LogP contribution in [0.1, 0.15) is 66.2 Å². The van der Waals surface area contributed by atoms with Crippen LogP contribution < -0.4 is 0 Å². The van der Waals surface area contributed by atoms with Crippen molar-refractivity contribution in [2.45, 2.75) is 103 Å². The second-order valence-corrected chi connectivity index (χ2v) is 14.2. The molecule has 1 rings (SSSR count). The number of carbonyl (C=O) groups is 1. The third kappa shape index (κ3) is 22.2. The Kier molecular flexibility index (Phi) is 29.9. The van der Waals surface area contributed by atoms with Gasteiger partial charge in [-0.15, -0.1) is 0 Å². The van der Waals surface area contributed by atoms with E-state index >= 15 is 0 Å². The first-order chi connectivity index (χ1) is 16.5. The number of ketones is 1. The summed E-state index contributed by atoms with van der Waals surface area (Å²) in [6.45, 7) is 28.3. The predicted octanol–water partition coefficient (Wildman–Crippen LogP) is 5.04. The Balaban J connectivity index is -0.000000677. The zero-order chi connectivity index (χ0) is 27.9. The molecule has 0 saturated carbocycles. The Morgan fingerprint density at radius 2 is 1.64 bits per heavy atom. The van der Waals surface area contributed by atoms with Crippen molar-refractivity contribution in [3.05, 3.63) is 44.3 Å². The molecule has 1 aliphatic rings. The predicted molar refractivity (Wildman–Crippen MR) is 132 cm³/mol. The molecule has 1 heterocycles. The van der Waals surface area contributed by atoms with Crippen LogP contribution in [0.4, 0.5) is 0 Å². The summed E-state index contributed by atoms with van der Waals surface area (Å²) in [6, 6.07) is 0. The van der Waals surface area contributed by atoms with Crippen LogP contribution in [-0.2, 0) is 49.7 Å². The summed E-state index contributed by atoms with van der Waals surface area (Å²) in [7, 11) is -1.69. The van der Waals surface area contributed by atoms with Crippen molar-refractivity contribution in [3.8, 4) is 0 Å². The Morgan fingerprint density at radius 3 is 2.14 bits per heavy atom. The zero-order valence-electron chi connectivity index (χ0n) is 22.4. The van der Waals surface area contributed by atoms with E-state index in [9.17, 15) is 9.90 Å². The number of Topliss-reactive ketones (excluding diaryl/α,β-unsaturated/α-hetero) is 1. The molecule has 0 unspecified atom stereocenters. The average Bonchev–Trinajstić information content (AvgIpc) is 2.82. The van der Waals surface area contributed by atoms with E-state index in [1.54, 1.807) is 12.2 Å². The first-order valence-electron chi connectivity index (χ1n) is 11.6. The van der Waals surface area contributed by atoms with E-state index in [1.807, 2.05) is 6.08 Å². The van der Waals surface area contributed by atoms with E-state index in [1.165, 1.54) is 0 Å². The second kappa shape index (κ2) is 25.6. The minimum Gasteiger partial charge on any atom is 0 e. The van der Waals surface area contributed by atoms with Gasteiger partial charge < -0.3 is 19.0 Å². The van der Waals surface area contributed by atoms with Crippen molar-refractivity contribution in [1.82, 2.24) is 0 Å². The molecular formula is C26H42FeO8Si. The fourth-order valence-corrected chi connectivity index (χ4v) is 4.33. The second-order valence-electron chi connectivity index (χ2n) is 9.47. The summed E-state index contributed by atoms with van der Waals surface area (Å²) >= 11 is 0. The Bertz CT molecular complexity index is 645. The molecule has 10 heteroatoms. The topological polar surface area (TPSA) is 125 Å². The van der Waals surface area contributed by atoms with Gasteiger partial charge in [-0.2, -0.15) is 0 Å². The van der Waals surface area contributed by atoms with E-state index < -0.39 is 20.7 Å². The summed E-state index contributed by atoms with van der Waals surface area (Å²) < 4.78 is 39.6. The number of aliphatic hydroxyl groups is 1. The van der Waals surface area contributed by atoms with Gasteiger partial charge in [-0.3, -0.25) is 4.79 Å². The maximum atomic E-state index is 11.9. The van der Waals surface area contributed by atoms with E-state index in [0.29, 0.717) is 13.2 Å². The monoisotopic (exact) mass is 566 g/mol. The molecule has 0 amide bonds. The molecule has 0 aromatic heterocycles. The molecule has 1 saturated heterocycles. The van der Waals surface area contributed by atoms with Gasteiger partial charge in [0.2, 0.25) is 0 Å². The first-order valence-corrected chi connectivity index (χ1v) is 14.5. The first kappa shape index (κ1) is 42.1. The summed E-state index contributed by atoms with van der Waals surface area (Å²) in [4.78, 5) is 11.9. The van der Waals surface area contributed by atoms with Crippen LogP contribution in [0.5, 0.6) is 0 Å². The summed E-state index contributed by atoms with van der Waals surface area (Å²) in [6.07, 6.45) is 10.8. The fraction of sp³-hybridized carbons (Fsp3) is 0.692. The van der Waals surface area contributed by atoms with Crippen LogP contribution in [0.3, 0.4) is 0 Å². The molecule has 0 bridgehead atoms. The van der Waals surface area contributed by atoms with Crippen LogP contribution in [0, 0.1) is 20.0 Å². The summed E-state index contributed by atoms with van der Waals surface area (Å²) in [5, 5.41) is 10.2. The average molecular weight is 567 g/mol. The number of carbonyl (C=O) groups excluding carboxylic acids is 1. The smallest absolute Gasteiger partial charge is 0 e. The van der Waals surface area contributed by atoms with Gasteiger partial charge in [-0.05, 0) is 50.7 Å². The van der Waals surface area contributed by atoms with Gasteiger partial charge in [-0.25, -0.2) is 0 Å². The van der Waals surface area contributed by atoms with Crippen LogP contribution >= 0.6 is 0 Å². The number of hydrogen-bond acceptors (Lipinski definition) is 5. The SMILES string of the molecule is C[C@H](CCC/C=C/C=C/[C@H](O)CC(=O)CC1OCCCO1)O[Si](C)(C)C(C)(C)C.[C-]#[O+].[C-]#[O+].[C-]#[O+].[Fe]. The van der Waals surface area contributed by atoms with Gasteiger partial charge in [0, 0.05) is 29.6 Å². The van der Waals surface area contributed by atoms with E-state index in [4.69, 9.17) is 27.9 Å². The zero-order valence-corrected chi connectivity index (χ0v) is 24.5. The normalized spacial score (nSPS) is 15.6. The van der Waals surface area contributed by atoms with Crippen LogP contribution in [0.25, 0.3) is 0 Å². The Morgan fingerprint density at radius 1 is 1.11 bits per heavy atom. The number of ether oxygens (including phenoxy) is 2. The fourth-order valence-electron chi connectivity index (χ4n) is 2.85. The number of hydrogen-bond donors (Lipinski definition) is 1. The molecule has 0 aliphatic carbocycles. The number of allylic oxidation sites excluding steroid dienone is 3. The number of rotatable bonds is 12. The van der Waals surface area contributed by atoms with Crippen molar-refractivity contribution in [2.75, 3.05) is 13.2 Å². The standard InChI is InChI=1S/C23H42O5Si.3CO.Fe/c1-19(28-29(5,6)23(2,3)4)13-10-8-7-9-11-14-20(24)17-21(25)18-22-26-15-12-16-27-22;3*1-2;/h7,9,11,14,19-20,22,24H,8,10,12-13,15-18H2,1-6H3;;;;/b9-7+,14-11+;;;;/t19-,20+;;;;/m1..../s1. The van der Waals surface area contributed by atoms with Gasteiger partial charge >= 0.3 is 33.9 Å². The molecule has 0 radical (unpaired) electrons. The Labute approximate surface area is 229 Å². The van der Waals surface area contributed by atoms with Gasteiger partial charge in [0.1, 0.15) is 5.78 Å². The van der Waals surface area contributed by atoms with Gasteiger partial charge in [-0.1, -0.05) is 45.1 Å².